The predicted octanol–water partition coefficient (Wildman–Crippen LogP) is 4.27. The molecule has 0 aliphatic heterocycles. The second kappa shape index (κ2) is 5.68. The lowest BCUT2D eigenvalue weighted by atomic mass is 9.87. The average molecular weight is 329 g/mol. The van der Waals surface area contributed by atoms with Crippen LogP contribution in [-0.2, 0) is 28.3 Å². The van der Waals surface area contributed by atoms with Crippen molar-refractivity contribution in [2.24, 2.45) is 0 Å². The maximum Gasteiger partial charge on any atom is 0.261 e. The van der Waals surface area contributed by atoms with E-state index in [4.69, 9.17) is 0 Å². The first-order valence-corrected chi connectivity index (χ1v) is 9.49. The molecule has 0 atom stereocenters. The Kier molecular flexibility index (Phi) is 3.96. The molecule has 0 fully saturated rings. The molecule has 0 unspecified atom stereocenters. The van der Waals surface area contributed by atoms with Crippen molar-refractivity contribution in [3.63, 3.8) is 0 Å². The molecule has 0 bridgehead atoms. The highest BCUT2D eigenvalue weighted by atomic mass is 32.2. The second-order valence-electron chi connectivity index (χ2n) is 7.22. The molecule has 3 nitrogen and oxygen atoms in total. The van der Waals surface area contributed by atoms with Crippen LogP contribution in [0, 0.1) is 0 Å². The maximum absolute atomic E-state index is 12.6. The van der Waals surface area contributed by atoms with E-state index in [1.807, 2.05) is 30.3 Å². The summed E-state index contributed by atoms with van der Waals surface area (Å²) in [6.45, 7) is 6.33. The fourth-order valence-electron chi connectivity index (χ4n) is 2.98. The minimum atomic E-state index is -3.54. The Morgan fingerprint density at radius 1 is 0.913 bits per heavy atom. The Morgan fingerprint density at radius 3 is 2.22 bits per heavy atom. The number of anilines is 1. The molecule has 1 aliphatic carbocycles. The van der Waals surface area contributed by atoms with Gasteiger partial charge in [0.1, 0.15) is 0 Å². The van der Waals surface area contributed by atoms with Gasteiger partial charge >= 0.3 is 0 Å². The van der Waals surface area contributed by atoms with Crippen LogP contribution in [0.2, 0.25) is 0 Å². The number of sulfonamides is 1. The standard InChI is InChI=1S/C19H23NO2S/c1-19(2,3)16-8-11-18(12-9-16)23(21,22)20-17-10-7-14-5-4-6-15(14)13-17/h7-13,20H,4-6H2,1-3H3. The van der Waals surface area contributed by atoms with E-state index in [-0.39, 0.29) is 5.41 Å². The molecule has 4 heteroatoms. The summed E-state index contributed by atoms with van der Waals surface area (Å²) in [5, 5.41) is 0. The minimum absolute atomic E-state index is 0.00963. The SMILES string of the molecule is CC(C)(C)c1ccc(S(=O)(=O)Nc2ccc3c(c2)CCC3)cc1. The van der Waals surface area contributed by atoms with E-state index < -0.39 is 10.0 Å². The molecule has 0 amide bonds. The monoisotopic (exact) mass is 329 g/mol. The zero-order valence-electron chi connectivity index (χ0n) is 13.9. The number of nitrogens with one attached hydrogen (secondary N) is 1. The Bertz CT molecular complexity index is 815. The van der Waals surface area contributed by atoms with Crippen molar-refractivity contribution in [1.82, 2.24) is 0 Å². The fraction of sp³-hybridized carbons (Fsp3) is 0.368. The van der Waals surface area contributed by atoms with E-state index in [0.717, 1.165) is 24.8 Å². The van der Waals surface area contributed by atoms with Gasteiger partial charge in [-0.25, -0.2) is 8.42 Å². The van der Waals surface area contributed by atoms with Crippen LogP contribution < -0.4 is 4.72 Å². The topological polar surface area (TPSA) is 46.2 Å². The van der Waals surface area contributed by atoms with Crippen LogP contribution in [0.3, 0.4) is 0 Å². The molecule has 0 heterocycles. The van der Waals surface area contributed by atoms with Crippen LogP contribution in [0.1, 0.15) is 43.9 Å². The second-order valence-corrected chi connectivity index (χ2v) is 8.90. The summed E-state index contributed by atoms with van der Waals surface area (Å²) in [6.07, 6.45) is 3.28. The molecule has 23 heavy (non-hydrogen) atoms. The first-order valence-electron chi connectivity index (χ1n) is 8.01. The number of hydrogen-bond acceptors (Lipinski definition) is 2. The van der Waals surface area contributed by atoms with Crippen molar-refractivity contribution in [3.8, 4) is 0 Å². The number of hydrogen-bond donors (Lipinski definition) is 1. The van der Waals surface area contributed by atoms with Crippen molar-refractivity contribution >= 4 is 15.7 Å². The van der Waals surface area contributed by atoms with Gasteiger partial charge in [-0.3, -0.25) is 4.72 Å². The third-order valence-corrected chi connectivity index (χ3v) is 5.78. The molecule has 2 aromatic carbocycles. The smallest absolute Gasteiger partial charge is 0.261 e. The Balaban J connectivity index is 1.84. The molecule has 0 radical (unpaired) electrons. The normalized spacial score (nSPS) is 14.6. The number of aryl methyl sites for hydroxylation is 2. The van der Waals surface area contributed by atoms with Gasteiger partial charge in [-0.15, -0.1) is 0 Å². The number of fused-ring (bicyclic) bond motifs is 1. The van der Waals surface area contributed by atoms with Gasteiger partial charge in [-0.2, -0.15) is 0 Å². The highest BCUT2D eigenvalue weighted by molar-refractivity contribution is 7.92. The van der Waals surface area contributed by atoms with Crippen LogP contribution in [0.4, 0.5) is 5.69 Å². The van der Waals surface area contributed by atoms with Crippen molar-refractivity contribution in [2.75, 3.05) is 4.72 Å². The minimum Gasteiger partial charge on any atom is -0.280 e. The van der Waals surface area contributed by atoms with Crippen molar-refractivity contribution in [3.05, 3.63) is 59.2 Å². The fourth-order valence-corrected chi connectivity index (χ4v) is 4.03. The third-order valence-electron chi connectivity index (χ3n) is 4.38. The van der Waals surface area contributed by atoms with E-state index in [1.165, 1.54) is 11.1 Å². The first kappa shape index (κ1) is 16.1. The Morgan fingerprint density at radius 2 is 1.57 bits per heavy atom. The molecule has 122 valence electrons. The molecule has 0 saturated heterocycles. The van der Waals surface area contributed by atoms with Crippen LogP contribution in [-0.4, -0.2) is 8.42 Å². The van der Waals surface area contributed by atoms with Crippen molar-refractivity contribution < 1.29 is 8.42 Å². The molecular weight excluding hydrogens is 306 g/mol. The molecule has 0 saturated carbocycles. The maximum atomic E-state index is 12.6. The summed E-state index contributed by atoms with van der Waals surface area (Å²) >= 11 is 0. The van der Waals surface area contributed by atoms with E-state index in [1.54, 1.807) is 12.1 Å². The van der Waals surface area contributed by atoms with Gasteiger partial charge in [-0.05, 0) is 65.6 Å². The van der Waals surface area contributed by atoms with Gasteiger partial charge in [0.15, 0.2) is 0 Å². The summed E-state index contributed by atoms with van der Waals surface area (Å²) < 4.78 is 27.8. The molecule has 0 spiro atoms. The summed E-state index contributed by atoms with van der Waals surface area (Å²) in [4.78, 5) is 0.297. The Hall–Kier alpha value is -1.81. The summed E-state index contributed by atoms with van der Waals surface area (Å²) in [7, 11) is -3.54. The van der Waals surface area contributed by atoms with E-state index in [9.17, 15) is 8.42 Å². The predicted molar refractivity (Wildman–Crippen MR) is 94.4 cm³/mol. The molecular formula is C19H23NO2S. The lowest BCUT2D eigenvalue weighted by molar-refractivity contribution is 0.587. The van der Waals surface area contributed by atoms with Gasteiger partial charge < -0.3 is 0 Å². The van der Waals surface area contributed by atoms with Gasteiger partial charge in [0.2, 0.25) is 0 Å². The van der Waals surface area contributed by atoms with Crippen LogP contribution >= 0.6 is 0 Å². The van der Waals surface area contributed by atoms with Gasteiger partial charge in [0.05, 0.1) is 4.90 Å². The quantitative estimate of drug-likeness (QED) is 0.914. The summed E-state index contributed by atoms with van der Waals surface area (Å²) in [5.41, 5.74) is 4.37. The first-order chi connectivity index (χ1) is 10.8. The molecule has 3 rings (SSSR count). The number of rotatable bonds is 3. The average Bonchev–Trinajstić information content (AvgIpc) is 2.93. The van der Waals surface area contributed by atoms with Crippen molar-refractivity contribution in [1.29, 1.82) is 0 Å². The van der Waals surface area contributed by atoms with Crippen LogP contribution in [0.25, 0.3) is 0 Å². The Labute approximate surface area is 138 Å². The van der Waals surface area contributed by atoms with E-state index in [2.05, 4.69) is 25.5 Å². The zero-order valence-corrected chi connectivity index (χ0v) is 14.7. The lowest BCUT2D eigenvalue weighted by Gasteiger charge is -2.19. The van der Waals surface area contributed by atoms with Crippen LogP contribution in [0.15, 0.2) is 47.4 Å². The molecule has 1 N–H and O–H groups in total. The van der Waals surface area contributed by atoms with E-state index in [0.29, 0.717) is 10.6 Å². The summed E-state index contributed by atoms with van der Waals surface area (Å²) in [6, 6.07) is 13.0. The van der Waals surface area contributed by atoms with Gasteiger partial charge in [0.25, 0.3) is 10.0 Å². The molecule has 1 aliphatic rings. The summed E-state index contributed by atoms with van der Waals surface area (Å²) in [5.74, 6) is 0. The lowest BCUT2D eigenvalue weighted by Crippen LogP contribution is -2.15. The molecule has 0 aromatic heterocycles. The number of benzene rings is 2. The zero-order chi connectivity index (χ0) is 16.7. The van der Waals surface area contributed by atoms with Crippen molar-refractivity contribution in [2.45, 2.75) is 50.3 Å². The largest absolute Gasteiger partial charge is 0.280 e. The van der Waals surface area contributed by atoms with E-state index >= 15 is 0 Å². The van der Waals surface area contributed by atoms with Gasteiger partial charge in [0, 0.05) is 5.69 Å². The third kappa shape index (κ3) is 3.42. The van der Waals surface area contributed by atoms with Gasteiger partial charge in [-0.1, -0.05) is 39.0 Å². The molecule has 2 aromatic rings. The van der Waals surface area contributed by atoms with Crippen LogP contribution in [0.5, 0.6) is 0 Å². The highest BCUT2D eigenvalue weighted by Gasteiger charge is 2.18. The highest BCUT2D eigenvalue weighted by Crippen LogP contribution is 2.27.